The number of nitrogens with one attached hydrogen (secondary N) is 3. The van der Waals surface area contributed by atoms with Gasteiger partial charge in [-0.1, -0.05) is 19.3 Å². The van der Waals surface area contributed by atoms with Gasteiger partial charge >= 0.3 is 6.09 Å². The van der Waals surface area contributed by atoms with Gasteiger partial charge in [-0.2, -0.15) is 0 Å². The van der Waals surface area contributed by atoms with Crippen LogP contribution < -0.4 is 10.6 Å². The fourth-order valence-corrected chi connectivity index (χ4v) is 6.38. The average Bonchev–Trinajstić information content (AvgIpc) is 3.51. The number of alkyl carbamates (subject to hydrolysis) is 1. The maximum Gasteiger partial charge on any atom is 0.408 e. The topological polar surface area (TPSA) is 86.5 Å². The van der Waals surface area contributed by atoms with Crippen LogP contribution in [0.25, 0.3) is 10.9 Å². The summed E-state index contributed by atoms with van der Waals surface area (Å²) in [6.07, 6.45) is 7.50. The van der Waals surface area contributed by atoms with Gasteiger partial charge in [0.1, 0.15) is 17.5 Å². The molecule has 2 saturated heterocycles. The number of rotatable bonds is 4. The second kappa shape index (κ2) is 9.45. The van der Waals surface area contributed by atoms with E-state index in [9.17, 15) is 14.0 Å². The fourth-order valence-electron chi connectivity index (χ4n) is 6.38. The van der Waals surface area contributed by atoms with Crippen molar-refractivity contribution in [2.24, 2.45) is 5.92 Å². The number of aromatic amines is 1. The zero-order valence-electron chi connectivity index (χ0n) is 20.9. The van der Waals surface area contributed by atoms with Crippen molar-refractivity contribution in [3.05, 3.63) is 35.8 Å². The highest BCUT2D eigenvalue weighted by atomic mass is 19.1. The molecule has 3 aliphatic rings. The number of nitrogens with zero attached hydrogens (tertiary/aromatic N) is 1. The molecule has 7 nitrogen and oxygen atoms in total. The van der Waals surface area contributed by atoms with Gasteiger partial charge in [0.15, 0.2) is 0 Å². The summed E-state index contributed by atoms with van der Waals surface area (Å²) in [4.78, 5) is 32.0. The van der Waals surface area contributed by atoms with E-state index in [0.29, 0.717) is 6.54 Å². The Labute approximate surface area is 206 Å². The van der Waals surface area contributed by atoms with Gasteiger partial charge in [0.25, 0.3) is 0 Å². The molecule has 3 heterocycles. The summed E-state index contributed by atoms with van der Waals surface area (Å²) in [6.45, 7) is 6.91. The van der Waals surface area contributed by atoms with Crippen LogP contribution in [-0.2, 0) is 9.53 Å². The minimum absolute atomic E-state index is 0.00178. The Kier molecular flexibility index (Phi) is 6.51. The summed E-state index contributed by atoms with van der Waals surface area (Å²) in [5.41, 5.74) is 1.25. The predicted octanol–water partition coefficient (Wildman–Crippen LogP) is 4.44. The number of likely N-dealkylation sites (tertiary alicyclic amines) is 1. The van der Waals surface area contributed by atoms with E-state index in [1.165, 1.54) is 18.6 Å². The van der Waals surface area contributed by atoms with E-state index in [2.05, 4.69) is 15.6 Å². The molecule has 1 aromatic heterocycles. The number of carbonyl (C=O) groups is 2. The zero-order chi connectivity index (χ0) is 24.7. The van der Waals surface area contributed by atoms with Gasteiger partial charge in [-0.25, -0.2) is 9.18 Å². The molecule has 1 aromatic carbocycles. The van der Waals surface area contributed by atoms with Gasteiger partial charge in [-0.15, -0.1) is 0 Å². The van der Waals surface area contributed by atoms with Crippen molar-refractivity contribution < 1.29 is 18.7 Å². The molecule has 2 aromatic rings. The minimum atomic E-state index is -0.627. The lowest BCUT2D eigenvalue weighted by Crippen LogP contribution is -2.55. The van der Waals surface area contributed by atoms with Gasteiger partial charge < -0.3 is 25.3 Å². The first-order valence-electron chi connectivity index (χ1n) is 13.0. The summed E-state index contributed by atoms with van der Waals surface area (Å²) in [7, 11) is 0. The lowest BCUT2D eigenvalue weighted by Gasteiger charge is -2.36. The smallest absolute Gasteiger partial charge is 0.408 e. The molecule has 3 N–H and O–H groups in total. The van der Waals surface area contributed by atoms with Crippen molar-refractivity contribution >= 4 is 22.9 Å². The van der Waals surface area contributed by atoms with Crippen molar-refractivity contribution in [1.29, 1.82) is 0 Å². The third-order valence-electron chi connectivity index (χ3n) is 7.88. The first-order chi connectivity index (χ1) is 16.7. The number of carbonyl (C=O) groups excluding carboxylic acids is 2. The Balaban J connectivity index is 1.41. The van der Waals surface area contributed by atoms with Crippen molar-refractivity contribution in [2.75, 3.05) is 13.1 Å². The number of hydrogen-bond acceptors (Lipinski definition) is 4. The van der Waals surface area contributed by atoms with Crippen molar-refractivity contribution in [3.8, 4) is 0 Å². The molecule has 4 atom stereocenters. The van der Waals surface area contributed by atoms with Crippen LogP contribution in [0.4, 0.5) is 9.18 Å². The minimum Gasteiger partial charge on any atom is -0.444 e. The molecular weight excluding hydrogens is 447 g/mol. The molecule has 0 unspecified atom stereocenters. The highest BCUT2D eigenvalue weighted by Gasteiger charge is 2.49. The molecule has 1 saturated carbocycles. The number of halogens is 1. The standard InChI is InChI=1S/C27H37FN4O3/c1-27(2,3)35-26(34)31-23(16-7-5-4-6-8-16)25(33)32-12-11-21-24(32)20(15-29-21)19-14-30-22-13-17(28)9-10-18(19)22/h9-10,13-14,16,20-21,23-24,29-30H,4-8,11-12,15H2,1-3H3,(H,31,34)/t20-,21-,23+,24-/m1/s1. The molecule has 190 valence electrons. The average molecular weight is 485 g/mol. The van der Waals surface area contributed by atoms with E-state index in [0.717, 1.165) is 55.1 Å². The summed E-state index contributed by atoms with van der Waals surface area (Å²) in [5.74, 6) is -0.0599. The number of benzene rings is 1. The van der Waals surface area contributed by atoms with Crippen molar-refractivity contribution in [2.45, 2.75) is 88.9 Å². The van der Waals surface area contributed by atoms with E-state index in [1.54, 1.807) is 0 Å². The van der Waals surface area contributed by atoms with E-state index < -0.39 is 17.7 Å². The van der Waals surface area contributed by atoms with Crippen LogP contribution in [0.15, 0.2) is 24.4 Å². The maximum absolute atomic E-state index is 14.1. The lowest BCUT2D eigenvalue weighted by atomic mass is 9.83. The number of ether oxygens (including phenoxy) is 1. The SMILES string of the molecule is CC(C)(C)OC(=O)N[C@H](C(=O)N1CC[C@H]2NC[C@H](c3c[nH]c4cc(F)ccc34)[C@H]21)C1CCCCC1. The number of H-pyrrole nitrogens is 1. The molecule has 1 aliphatic carbocycles. The predicted molar refractivity (Wildman–Crippen MR) is 133 cm³/mol. The molecule has 5 rings (SSSR count). The third-order valence-corrected chi connectivity index (χ3v) is 7.88. The first-order valence-corrected chi connectivity index (χ1v) is 13.0. The summed E-state index contributed by atoms with van der Waals surface area (Å²) >= 11 is 0. The molecular formula is C27H37FN4O3. The summed E-state index contributed by atoms with van der Waals surface area (Å²) in [6, 6.07) is 4.45. The number of aromatic nitrogens is 1. The Morgan fingerprint density at radius 1 is 1.17 bits per heavy atom. The number of amides is 2. The van der Waals surface area contributed by atoms with Crippen molar-refractivity contribution in [3.63, 3.8) is 0 Å². The Morgan fingerprint density at radius 3 is 2.69 bits per heavy atom. The molecule has 0 bridgehead atoms. The molecule has 0 radical (unpaired) electrons. The van der Waals surface area contributed by atoms with Gasteiger partial charge in [0.05, 0.1) is 6.04 Å². The molecule has 2 amide bonds. The van der Waals surface area contributed by atoms with Crippen LogP contribution >= 0.6 is 0 Å². The molecule has 35 heavy (non-hydrogen) atoms. The van der Waals surface area contributed by atoms with E-state index in [1.807, 2.05) is 37.9 Å². The number of hydrogen-bond donors (Lipinski definition) is 3. The molecule has 3 fully saturated rings. The Morgan fingerprint density at radius 2 is 1.94 bits per heavy atom. The second-order valence-electron chi connectivity index (χ2n) is 11.4. The van der Waals surface area contributed by atoms with Crippen LogP contribution in [0.1, 0.15) is 70.8 Å². The first kappa shape index (κ1) is 24.1. The van der Waals surface area contributed by atoms with Crippen LogP contribution in [0, 0.1) is 11.7 Å². The Bertz CT molecular complexity index is 1090. The summed E-state index contributed by atoms with van der Waals surface area (Å²) < 4.78 is 19.3. The van der Waals surface area contributed by atoms with E-state index in [4.69, 9.17) is 4.74 Å². The molecule has 8 heteroatoms. The highest BCUT2D eigenvalue weighted by Crippen LogP contribution is 2.40. The van der Waals surface area contributed by atoms with Gasteiger partial charge in [0.2, 0.25) is 5.91 Å². The highest BCUT2D eigenvalue weighted by molar-refractivity contribution is 5.88. The van der Waals surface area contributed by atoms with Gasteiger partial charge in [-0.3, -0.25) is 4.79 Å². The summed E-state index contributed by atoms with van der Waals surface area (Å²) in [5, 5.41) is 7.57. The van der Waals surface area contributed by atoms with Gasteiger partial charge in [0, 0.05) is 42.1 Å². The van der Waals surface area contributed by atoms with Gasteiger partial charge in [-0.05, 0) is 69.7 Å². The molecule has 2 aliphatic heterocycles. The van der Waals surface area contributed by atoms with Crippen molar-refractivity contribution in [1.82, 2.24) is 20.5 Å². The van der Waals surface area contributed by atoms with Crippen LogP contribution in [0.2, 0.25) is 0 Å². The normalized spacial score (nSPS) is 26.1. The zero-order valence-corrected chi connectivity index (χ0v) is 20.9. The lowest BCUT2D eigenvalue weighted by molar-refractivity contribution is -0.136. The largest absolute Gasteiger partial charge is 0.444 e. The maximum atomic E-state index is 14.1. The van der Waals surface area contributed by atoms with Crippen LogP contribution in [-0.4, -0.2) is 58.7 Å². The van der Waals surface area contributed by atoms with Crippen LogP contribution in [0.3, 0.4) is 0 Å². The van der Waals surface area contributed by atoms with E-state index in [-0.39, 0.29) is 35.6 Å². The fraction of sp³-hybridized carbons (Fsp3) is 0.630. The quantitative estimate of drug-likeness (QED) is 0.599. The second-order valence-corrected chi connectivity index (χ2v) is 11.4. The number of fused-ring (bicyclic) bond motifs is 2. The third kappa shape index (κ3) is 4.90. The monoisotopic (exact) mass is 484 g/mol. The van der Waals surface area contributed by atoms with E-state index >= 15 is 0 Å². The Hall–Kier alpha value is -2.61. The van der Waals surface area contributed by atoms with Crippen LogP contribution in [0.5, 0.6) is 0 Å². The molecule has 0 spiro atoms.